The maximum atomic E-state index is 12.4. The van der Waals surface area contributed by atoms with Crippen LogP contribution in [-0.2, 0) is 0 Å². The van der Waals surface area contributed by atoms with Gasteiger partial charge >= 0.3 is 0 Å². The van der Waals surface area contributed by atoms with Crippen LogP contribution in [0, 0.1) is 10.5 Å². The minimum atomic E-state index is -0.145. The van der Waals surface area contributed by atoms with Gasteiger partial charge in [-0.05, 0) is 65.9 Å². The van der Waals surface area contributed by atoms with Crippen molar-refractivity contribution >= 4 is 34.2 Å². The number of pyridine rings is 1. The highest BCUT2D eigenvalue weighted by atomic mass is 127. The molecule has 1 heterocycles. The van der Waals surface area contributed by atoms with Crippen LogP contribution in [0.4, 0.5) is 5.69 Å². The largest absolute Gasteiger partial charge is 0.456 e. The zero-order chi connectivity index (χ0) is 16.9. The van der Waals surface area contributed by atoms with Crippen LogP contribution in [0.2, 0.25) is 0 Å². The first-order valence-electron chi connectivity index (χ1n) is 7.37. The SMILES string of the molecule is Cc1cccc(C(=O)Nc2cc(I)cc(Oc3cccnc3)c2)c1. The highest BCUT2D eigenvalue weighted by molar-refractivity contribution is 14.1. The predicted molar refractivity (Wildman–Crippen MR) is 103 cm³/mol. The molecule has 0 fully saturated rings. The molecule has 0 spiro atoms. The van der Waals surface area contributed by atoms with Crippen molar-refractivity contribution in [2.75, 3.05) is 5.32 Å². The Kier molecular flexibility index (Phi) is 5.10. The van der Waals surface area contributed by atoms with E-state index in [1.165, 1.54) is 0 Å². The molecule has 0 bridgehead atoms. The summed E-state index contributed by atoms with van der Waals surface area (Å²) < 4.78 is 6.75. The fourth-order valence-corrected chi connectivity index (χ4v) is 2.87. The van der Waals surface area contributed by atoms with Crippen LogP contribution in [0.25, 0.3) is 0 Å². The van der Waals surface area contributed by atoms with Gasteiger partial charge < -0.3 is 10.1 Å². The van der Waals surface area contributed by atoms with Crippen molar-refractivity contribution in [3.05, 3.63) is 81.7 Å². The number of rotatable bonds is 4. The maximum Gasteiger partial charge on any atom is 0.255 e. The molecule has 5 heteroatoms. The second-order valence-corrected chi connectivity index (χ2v) is 6.54. The Bertz CT molecular complexity index is 866. The molecule has 2 aromatic carbocycles. The minimum Gasteiger partial charge on any atom is -0.456 e. The van der Waals surface area contributed by atoms with Gasteiger partial charge in [0.15, 0.2) is 0 Å². The van der Waals surface area contributed by atoms with Crippen LogP contribution in [0.1, 0.15) is 15.9 Å². The first-order chi connectivity index (χ1) is 11.6. The summed E-state index contributed by atoms with van der Waals surface area (Å²) in [5.74, 6) is 1.15. The third-order valence-electron chi connectivity index (χ3n) is 3.28. The summed E-state index contributed by atoms with van der Waals surface area (Å²) in [5.41, 5.74) is 2.36. The molecule has 0 aliphatic heterocycles. The molecule has 0 saturated carbocycles. The second-order valence-electron chi connectivity index (χ2n) is 5.29. The van der Waals surface area contributed by atoms with E-state index in [2.05, 4.69) is 32.9 Å². The number of halogens is 1. The predicted octanol–water partition coefficient (Wildman–Crippen LogP) is 5.04. The van der Waals surface area contributed by atoms with Gasteiger partial charge in [0.05, 0.1) is 6.20 Å². The number of benzene rings is 2. The quantitative estimate of drug-likeness (QED) is 0.591. The van der Waals surface area contributed by atoms with Crippen LogP contribution in [0.3, 0.4) is 0 Å². The molecule has 24 heavy (non-hydrogen) atoms. The van der Waals surface area contributed by atoms with E-state index < -0.39 is 0 Å². The van der Waals surface area contributed by atoms with Gasteiger partial charge in [0.1, 0.15) is 11.5 Å². The van der Waals surface area contributed by atoms with E-state index in [-0.39, 0.29) is 5.91 Å². The average molecular weight is 430 g/mol. The number of aromatic nitrogens is 1. The Morgan fingerprint density at radius 1 is 1.08 bits per heavy atom. The topological polar surface area (TPSA) is 51.2 Å². The highest BCUT2D eigenvalue weighted by Gasteiger charge is 2.08. The fourth-order valence-electron chi connectivity index (χ4n) is 2.23. The first-order valence-corrected chi connectivity index (χ1v) is 8.44. The molecule has 3 aromatic rings. The second kappa shape index (κ2) is 7.44. The van der Waals surface area contributed by atoms with Crippen molar-refractivity contribution in [3.8, 4) is 11.5 Å². The van der Waals surface area contributed by atoms with Gasteiger partial charge in [-0.15, -0.1) is 0 Å². The van der Waals surface area contributed by atoms with Crippen molar-refractivity contribution in [1.29, 1.82) is 0 Å². The summed E-state index contributed by atoms with van der Waals surface area (Å²) in [6.07, 6.45) is 3.33. The zero-order valence-corrected chi connectivity index (χ0v) is 15.2. The van der Waals surface area contributed by atoms with Crippen LogP contribution in [-0.4, -0.2) is 10.9 Å². The molecule has 120 valence electrons. The van der Waals surface area contributed by atoms with E-state index in [0.29, 0.717) is 22.7 Å². The van der Waals surface area contributed by atoms with Crippen molar-refractivity contribution in [1.82, 2.24) is 4.98 Å². The summed E-state index contributed by atoms with van der Waals surface area (Å²) >= 11 is 2.19. The van der Waals surface area contributed by atoms with Gasteiger partial charge in [-0.3, -0.25) is 9.78 Å². The highest BCUT2D eigenvalue weighted by Crippen LogP contribution is 2.27. The summed E-state index contributed by atoms with van der Waals surface area (Å²) in [6.45, 7) is 1.96. The normalized spacial score (nSPS) is 10.2. The molecule has 4 nitrogen and oxygen atoms in total. The molecule has 1 amide bonds. The number of nitrogens with one attached hydrogen (secondary N) is 1. The molecule has 1 N–H and O–H groups in total. The van der Waals surface area contributed by atoms with E-state index in [9.17, 15) is 4.79 Å². The third-order valence-corrected chi connectivity index (χ3v) is 3.90. The lowest BCUT2D eigenvalue weighted by molar-refractivity contribution is 0.102. The lowest BCUT2D eigenvalue weighted by atomic mass is 10.1. The van der Waals surface area contributed by atoms with Crippen LogP contribution in [0.15, 0.2) is 67.0 Å². The molecule has 1 aromatic heterocycles. The fraction of sp³-hybridized carbons (Fsp3) is 0.0526. The Labute approximate surface area is 154 Å². The molecule has 0 aliphatic rings. The Morgan fingerprint density at radius 3 is 2.71 bits per heavy atom. The van der Waals surface area contributed by atoms with E-state index in [4.69, 9.17) is 4.74 Å². The monoisotopic (exact) mass is 430 g/mol. The molecule has 0 atom stereocenters. The number of amides is 1. The van der Waals surface area contributed by atoms with E-state index in [1.54, 1.807) is 24.5 Å². The molecule has 0 radical (unpaired) electrons. The Balaban J connectivity index is 1.80. The van der Waals surface area contributed by atoms with Crippen LogP contribution >= 0.6 is 22.6 Å². The average Bonchev–Trinajstić information content (AvgIpc) is 2.55. The number of carbonyl (C=O) groups excluding carboxylic acids is 1. The summed E-state index contributed by atoms with van der Waals surface area (Å²) in [7, 11) is 0. The van der Waals surface area contributed by atoms with Gasteiger partial charge in [-0.1, -0.05) is 17.7 Å². The number of aryl methyl sites for hydroxylation is 1. The number of hydrogen-bond acceptors (Lipinski definition) is 3. The van der Waals surface area contributed by atoms with Crippen molar-refractivity contribution in [2.45, 2.75) is 6.92 Å². The molecule has 3 rings (SSSR count). The number of anilines is 1. The molecular formula is C19H15IN2O2. The molecule has 0 unspecified atom stereocenters. The van der Waals surface area contributed by atoms with E-state index in [0.717, 1.165) is 9.13 Å². The summed E-state index contributed by atoms with van der Waals surface area (Å²) in [5, 5.41) is 2.91. The lowest BCUT2D eigenvalue weighted by Crippen LogP contribution is -2.12. The Hall–Kier alpha value is -2.41. The van der Waals surface area contributed by atoms with E-state index in [1.807, 2.05) is 49.4 Å². The lowest BCUT2D eigenvalue weighted by Gasteiger charge is -2.10. The first kappa shape index (κ1) is 16.4. The van der Waals surface area contributed by atoms with Gasteiger partial charge in [0.25, 0.3) is 5.91 Å². The van der Waals surface area contributed by atoms with Gasteiger partial charge in [-0.2, -0.15) is 0 Å². The summed E-state index contributed by atoms with van der Waals surface area (Å²) in [4.78, 5) is 16.4. The van der Waals surface area contributed by atoms with Crippen LogP contribution < -0.4 is 10.1 Å². The van der Waals surface area contributed by atoms with Gasteiger partial charge in [0.2, 0.25) is 0 Å². The smallest absolute Gasteiger partial charge is 0.255 e. The van der Waals surface area contributed by atoms with Crippen LogP contribution in [0.5, 0.6) is 11.5 Å². The zero-order valence-electron chi connectivity index (χ0n) is 13.0. The van der Waals surface area contributed by atoms with Gasteiger partial charge in [-0.25, -0.2) is 0 Å². The number of ether oxygens (including phenoxy) is 1. The van der Waals surface area contributed by atoms with E-state index >= 15 is 0 Å². The standard InChI is InChI=1S/C19H15IN2O2/c1-13-4-2-5-14(8-13)19(23)22-16-9-15(20)10-18(11-16)24-17-6-3-7-21-12-17/h2-12H,1H3,(H,22,23). The number of nitrogens with zero attached hydrogens (tertiary/aromatic N) is 1. The Morgan fingerprint density at radius 2 is 1.96 bits per heavy atom. The van der Waals surface area contributed by atoms with Crippen molar-refractivity contribution < 1.29 is 9.53 Å². The summed E-state index contributed by atoms with van der Waals surface area (Å²) in [6, 6.07) is 16.7. The molecule has 0 saturated heterocycles. The molecular weight excluding hydrogens is 415 g/mol. The third kappa shape index (κ3) is 4.32. The van der Waals surface area contributed by atoms with Crippen molar-refractivity contribution in [3.63, 3.8) is 0 Å². The minimum absolute atomic E-state index is 0.145. The number of hydrogen-bond donors (Lipinski definition) is 1. The number of carbonyl (C=O) groups is 1. The molecule has 0 aliphatic carbocycles. The van der Waals surface area contributed by atoms with Gasteiger partial charge in [0, 0.05) is 27.1 Å². The maximum absolute atomic E-state index is 12.4. The van der Waals surface area contributed by atoms with Crippen molar-refractivity contribution in [2.24, 2.45) is 0 Å².